The van der Waals surface area contributed by atoms with Gasteiger partial charge in [-0.15, -0.1) is 0 Å². The molecule has 4 nitrogen and oxygen atoms in total. The molecular weight excluding hydrogens is 238 g/mol. The van der Waals surface area contributed by atoms with E-state index in [4.69, 9.17) is 0 Å². The summed E-state index contributed by atoms with van der Waals surface area (Å²) in [5.41, 5.74) is -0.566. The van der Waals surface area contributed by atoms with Crippen molar-refractivity contribution in [3.63, 3.8) is 0 Å². The number of amides is 1. The first kappa shape index (κ1) is 14.3. The molecule has 0 aromatic carbocycles. The molecule has 2 N–H and O–H groups in total. The summed E-state index contributed by atoms with van der Waals surface area (Å²) in [6.45, 7) is 7.22. The highest BCUT2D eigenvalue weighted by Gasteiger charge is 2.36. The fraction of sp³-hybridized carbons (Fsp3) is 0.867. The van der Waals surface area contributed by atoms with Crippen molar-refractivity contribution in [3.05, 3.63) is 0 Å². The van der Waals surface area contributed by atoms with Gasteiger partial charge in [-0.2, -0.15) is 5.26 Å². The zero-order chi connectivity index (χ0) is 13.9. The fourth-order valence-electron chi connectivity index (χ4n) is 3.85. The van der Waals surface area contributed by atoms with E-state index in [0.717, 1.165) is 38.8 Å². The molecule has 1 aliphatic carbocycles. The number of rotatable bonds is 3. The minimum Gasteiger partial charge on any atom is -0.333 e. The minimum atomic E-state index is -0.566. The van der Waals surface area contributed by atoms with Gasteiger partial charge < -0.3 is 10.2 Å². The molecule has 1 saturated carbocycles. The Hall–Kier alpha value is -1.08. The smallest absolute Gasteiger partial charge is 0.276 e. The summed E-state index contributed by atoms with van der Waals surface area (Å²) in [5, 5.41) is 12.3. The van der Waals surface area contributed by atoms with Crippen LogP contribution in [-0.4, -0.2) is 31.1 Å². The Morgan fingerprint density at radius 1 is 1.32 bits per heavy atom. The van der Waals surface area contributed by atoms with Crippen LogP contribution in [0.2, 0.25) is 0 Å². The molecule has 2 rings (SSSR count). The van der Waals surface area contributed by atoms with E-state index in [0.29, 0.717) is 18.4 Å². The molecule has 2 aliphatic rings. The highest BCUT2D eigenvalue weighted by atomic mass is 16.2. The van der Waals surface area contributed by atoms with Gasteiger partial charge in [0, 0.05) is 11.8 Å². The average Bonchev–Trinajstić information content (AvgIpc) is 2.76. The van der Waals surface area contributed by atoms with Crippen molar-refractivity contribution in [3.8, 4) is 6.07 Å². The van der Waals surface area contributed by atoms with Crippen molar-refractivity contribution in [1.29, 1.82) is 5.26 Å². The lowest BCUT2D eigenvalue weighted by Crippen LogP contribution is -3.15. The molecule has 1 aliphatic heterocycles. The minimum absolute atomic E-state index is 0.0553. The summed E-state index contributed by atoms with van der Waals surface area (Å²) in [4.78, 5) is 13.5. The topological polar surface area (TPSA) is 57.3 Å². The predicted molar refractivity (Wildman–Crippen MR) is 73.5 cm³/mol. The summed E-state index contributed by atoms with van der Waals surface area (Å²) in [6, 6.07) is 2.32. The van der Waals surface area contributed by atoms with Crippen LogP contribution in [0.15, 0.2) is 0 Å². The number of hydrogen-bond acceptors (Lipinski definition) is 2. The van der Waals surface area contributed by atoms with Gasteiger partial charge in [0.25, 0.3) is 5.91 Å². The normalized spacial score (nSPS) is 33.6. The SMILES string of the molecule is C[C@H]1C[C@H](C)C[NH+](CC(=O)NC2(C#N)CCCC2)C1. The monoisotopic (exact) mass is 264 g/mol. The zero-order valence-electron chi connectivity index (χ0n) is 12.2. The number of carbonyl (C=O) groups is 1. The van der Waals surface area contributed by atoms with Crippen LogP contribution >= 0.6 is 0 Å². The Labute approximate surface area is 116 Å². The molecular formula is C15H26N3O+. The van der Waals surface area contributed by atoms with Crippen LogP contribution < -0.4 is 10.2 Å². The van der Waals surface area contributed by atoms with Gasteiger partial charge in [0.05, 0.1) is 19.2 Å². The first-order chi connectivity index (χ1) is 9.03. The second-order valence-electron chi connectivity index (χ2n) is 6.73. The highest BCUT2D eigenvalue weighted by Crippen LogP contribution is 2.28. The second kappa shape index (κ2) is 5.92. The maximum atomic E-state index is 12.2. The van der Waals surface area contributed by atoms with Crippen LogP contribution in [0.25, 0.3) is 0 Å². The predicted octanol–water partition coefficient (Wildman–Crippen LogP) is 0.500. The number of nitrogens with zero attached hydrogens (tertiary/aromatic N) is 1. The lowest BCUT2D eigenvalue weighted by Gasteiger charge is -2.32. The van der Waals surface area contributed by atoms with E-state index in [1.807, 2.05) is 0 Å². The molecule has 1 amide bonds. The van der Waals surface area contributed by atoms with Crippen LogP contribution in [0.4, 0.5) is 0 Å². The second-order valence-corrected chi connectivity index (χ2v) is 6.73. The third kappa shape index (κ3) is 3.70. The third-order valence-corrected chi connectivity index (χ3v) is 4.54. The highest BCUT2D eigenvalue weighted by molar-refractivity contribution is 5.78. The van der Waals surface area contributed by atoms with Gasteiger partial charge in [-0.1, -0.05) is 13.8 Å². The van der Waals surface area contributed by atoms with Crippen molar-refractivity contribution in [1.82, 2.24) is 5.32 Å². The van der Waals surface area contributed by atoms with E-state index in [1.54, 1.807) is 0 Å². The maximum absolute atomic E-state index is 12.2. The standard InChI is InChI=1S/C15H25N3O/c1-12-7-13(2)9-18(8-12)10-14(19)17-15(11-16)5-3-4-6-15/h12-13H,3-10H2,1-2H3,(H,17,19)/p+1/t12-,13-/m0/s1. The summed E-state index contributed by atoms with van der Waals surface area (Å²) in [6.07, 6.45) is 5.01. The van der Waals surface area contributed by atoms with Gasteiger partial charge in [-0.05, 0) is 32.1 Å². The summed E-state index contributed by atoms with van der Waals surface area (Å²) in [7, 11) is 0. The Morgan fingerprint density at radius 3 is 2.42 bits per heavy atom. The summed E-state index contributed by atoms with van der Waals surface area (Å²) >= 11 is 0. The summed E-state index contributed by atoms with van der Waals surface area (Å²) < 4.78 is 0. The Bertz CT molecular complexity index is 358. The number of piperidine rings is 1. The van der Waals surface area contributed by atoms with Gasteiger partial charge in [0.1, 0.15) is 5.54 Å². The van der Waals surface area contributed by atoms with Crippen molar-refractivity contribution < 1.29 is 9.69 Å². The average molecular weight is 264 g/mol. The van der Waals surface area contributed by atoms with Crippen molar-refractivity contribution in [2.75, 3.05) is 19.6 Å². The number of likely N-dealkylation sites (tertiary alicyclic amines) is 1. The molecule has 0 bridgehead atoms. The van der Waals surface area contributed by atoms with E-state index in [-0.39, 0.29) is 5.91 Å². The van der Waals surface area contributed by atoms with E-state index in [2.05, 4.69) is 25.2 Å². The summed E-state index contributed by atoms with van der Waals surface area (Å²) in [5.74, 6) is 1.45. The molecule has 2 atom stereocenters. The lowest BCUT2D eigenvalue weighted by molar-refractivity contribution is -0.904. The first-order valence-electron chi connectivity index (χ1n) is 7.59. The Kier molecular flexibility index (Phi) is 4.46. The quantitative estimate of drug-likeness (QED) is 0.780. The van der Waals surface area contributed by atoms with E-state index >= 15 is 0 Å². The van der Waals surface area contributed by atoms with Crippen molar-refractivity contribution in [2.24, 2.45) is 11.8 Å². The third-order valence-electron chi connectivity index (χ3n) is 4.54. The van der Waals surface area contributed by atoms with Gasteiger partial charge in [-0.25, -0.2) is 0 Å². The van der Waals surface area contributed by atoms with Gasteiger partial charge >= 0.3 is 0 Å². The fourth-order valence-corrected chi connectivity index (χ4v) is 3.85. The van der Waals surface area contributed by atoms with Crippen LogP contribution in [-0.2, 0) is 4.79 Å². The Balaban J connectivity index is 1.85. The molecule has 0 radical (unpaired) electrons. The van der Waals surface area contributed by atoms with Crippen LogP contribution in [0.5, 0.6) is 0 Å². The number of nitriles is 1. The molecule has 2 fully saturated rings. The zero-order valence-corrected chi connectivity index (χ0v) is 12.2. The largest absolute Gasteiger partial charge is 0.333 e. The molecule has 106 valence electrons. The van der Waals surface area contributed by atoms with Crippen LogP contribution in [0, 0.1) is 23.2 Å². The van der Waals surface area contributed by atoms with Crippen molar-refractivity contribution in [2.45, 2.75) is 51.5 Å². The maximum Gasteiger partial charge on any atom is 0.276 e. The molecule has 4 heteroatoms. The molecule has 0 unspecified atom stereocenters. The molecule has 1 heterocycles. The van der Waals surface area contributed by atoms with Crippen LogP contribution in [0.3, 0.4) is 0 Å². The van der Waals surface area contributed by atoms with E-state index < -0.39 is 5.54 Å². The number of hydrogen-bond donors (Lipinski definition) is 2. The van der Waals surface area contributed by atoms with Gasteiger partial charge in [-0.3, -0.25) is 4.79 Å². The van der Waals surface area contributed by atoms with Crippen molar-refractivity contribution >= 4 is 5.91 Å². The molecule has 0 aromatic heterocycles. The number of quaternary nitrogens is 1. The van der Waals surface area contributed by atoms with E-state index in [1.165, 1.54) is 11.3 Å². The first-order valence-corrected chi connectivity index (χ1v) is 7.59. The lowest BCUT2D eigenvalue weighted by atomic mass is 9.92. The number of nitrogens with one attached hydrogen (secondary N) is 2. The van der Waals surface area contributed by atoms with Gasteiger partial charge in [0.15, 0.2) is 6.54 Å². The van der Waals surface area contributed by atoms with Crippen LogP contribution in [0.1, 0.15) is 46.0 Å². The molecule has 0 aromatic rings. The Morgan fingerprint density at radius 2 is 1.89 bits per heavy atom. The molecule has 1 saturated heterocycles. The molecule has 0 spiro atoms. The van der Waals surface area contributed by atoms with E-state index in [9.17, 15) is 10.1 Å². The molecule has 19 heavy (non-hydrogen) atoms. The number of carbonyl (C=O) groups excluding carboxylic acids is 1. The van der Waals surface area contributed by atoms with Gasteiger partial charge in [0.2, 0.25) is 0 Å².